The lowest BCUT2D eigenvalue weighted by atomic mass is 9.97. The van der Waals surface area contributed by atoms with Crippen molar-refractivity contribution in [2.45, 2.75) is 38.6 Å². The standard InChI is InChI=1S/C15H20N4/c1-12-11-17-19(18-12)15-8-3-2-6-13(15)10-14-7-4-5-9-16-14/h2-3,6,8,11,14,16H,4-5,7,9-10H2,1H3. The van der Waals surface area contributed by atoms with Crippen molar-refractivity contribution in [1.29, 1.82) is 0 Å². The van der Waals surface area contributed by atoms with E-state index in [1.54, 1.807) is 11.0 Å². The second-order valence-electron chi connectivity index (χ2n) is 5.26. The van der Waals surface area contributed by atoms with Crippen LogP contribution in [0.15, 0.2) is 30.5 Å². The molecule has 19 heavy (non-hydrogen) atoms. The Morgan fingerprint density at radius 3 is 2.95 bits per heavy atom. The van der Waals surface area contributed by atoms with Gasteiger partial charge in [-0.1, -0.05) is 24.6 Å². The van der Waals surface area contributed by atoms with Gasteiger partial charge in [0.15, 0.2) is 0 Å². The quantitative estimate of drug-likeness (QED) is 0.916. The molecule has 0 amide bonds. The predicted octanol–water partition coefficient (Wildman–Crippen LogP) is 2.26. The number of nitrogens with one attached hydrogen (secondary N) is 1. The minimum Gasteiger partial charge on any atom is -0.314 e. The van der Waals surface area contributed by atoms with Crippen LogP contribution in [0.5, 0.6) is 0 Å². The average Bonchev–Trinajstić information content (AvgIpc) is 2.87. The van der Waals surface area contributed by atoms with E-state index >= 15 is 0 Å². The van der Waals surface area contributed by atoms with Crippen LogP contribution in [0.2, 0.25) is 0 Å². The van der Waals surface area contributed by atoms with Gasteiger partial charge in [0.05, 0.1) is 17.6 Å². The molecular formula is C15H20N4. The highest BCUT2D eigenvalue weighted by molar-refractivity contribution is 5.39. The minimum atomic E-state index is 0.589. The highest BCUT2D eigenvalue weighted by Crippen LogP contribution is 2.18. The van der Waals surface area contributed by atoms with Gasteiger partial charge >= 0.3 is 0 Å². The summed E-state index contributed by atoms with van der Waals surface area (Å²) in [6.45, 7) is 3.11. The summed E-state index contributed by atoms with van der Waals surface area (Å²) in [6.07, 6.45) is 6.75. The normalized spacial score (nSPS) is 19.5. The third kappa shape index (κ3) is 2.84. The summed E-state index contributed by atoms with van der Waals surface area (Å²) in [7, 11) is 0. The third-order valence-electron chi connectivity index (χ3n) is 3.69. The topological polar surface area (TPSA) is 42.7 Å². The van der Waals surface area contributed by atoms with Crippen LogP contribution in [0.4, 0.5) is 0 Å². The van der Waals surface area contributed by atoms with E-state index in [0.717, 1.165) is 24.3 Å². The molecule has 2 heterocycles. The fourth-order valence-corrected chi connectivity index (χ4v) is 2.70. The van der Waals surface area contributed by atoms with Crippen molar-refractivity contribution in [2.24, 2.45) is 0 Å². The van der Waals surface area contributed by atoms with Crippen LogP contribution in [0.25, 0.3) is 5.69 Å². The monoisotopic (exact) mass is 256 g/mol. The number of rotatable bonds is 3. The van der Waals surface area contributed by atoms with Gasteiger partial charge in [-0.2, -0.15) is 15.0 Å². The first-order valence-electron chi connectivity index (χ1n) is 7.03. The van der Waals surface area contributed by atoms with Crippen molar-refractivity contribution in [3.8, 4) is 5.69 Å². The molecule has 1 atom stereocenters. The molecule has 1 aliphatic heterocycles. The largest absolute Gasteiger partial charge is 0.314 e. The Bertz CT molecular complexity index is 541. The van der Waals surface area contributed by atoms with E-state index in [-0.39, 0.29) is 0 Å². The molecule has 1 saturated heterocycles. The second kappa shape index (κ2) is 5.53. The van der Waals surface area contributed by atoms with E-state index in [1.807, 2.05) is 13.0 Å². The zero-order valence-corrected chi connectivity index (χ0v) is 11.3. The number of aromatic nitrogens is 3. The lowest BCUT2D eigenvalue weighted by molar-refractivity contribution is 0.399. The zero-order valence-electron chi connectivity index (χ0n) is 11.3. The zero-order chi connectivity index (χ0) is 13.1. The molecule has 1 N–H and O–H groups in total. The second-order valence-corrected chi connectivity index (χ2v) is 5.26. The molecule has 1 fully saturated rings. The summed E-state index contributed by atoms with van der Waals surface area (Å²) in [5, 5.41) is 12.3. The maximum Gasteiger partial charge on any atom is 0.0889 e. The van der Waals surface area contributed by atoms with Crippen molar-refractivity contribution in [1.82, 2.24) is 20.3 Å². The molecule has 100 valence electrons. The van der Waals surface area contributed by atoms with Gasteiger partial charge in [0.1, 0.15) is 0 Å². The molecule has 0 radical (unpaired) electrons. The fraction of sp³-hybridized carbons (Fsp3) is 0.467. The van der Waals surface area contributed by atoms with E-state index in [9.17, 15) is 0 Å². The molecule has 0 bridgehead atoms. The number of hydrogen-bond acceptors (Lipinski definition) is 3. The fourth-order valence-electron chi connectivity index (χ4n) is 2.70. The Morgan fingerprint density at radius 2 is 2.21 bits per heavy atom. The SMILES string of the molecule is Cc1cnn(-c2ccccc2CC2CCCCN2)n1. The molecule has 0 aliphatic carbocycles. The Balaban J connectivity index is 1.84. The van der Waals surface area contributed by atoms with Gasteiger partial charge in [0.25, 0.3) is 0 Å². The highest BCUT2D eigenvalue weighted by Gasteiger charge is 2.15. The van der Waals surface area contributed by atoms with Gasteiger partial charge in [-0.3, -0.25) is 0 Å². The highest BCUT2D eigenvalue weighted by atomic mass is 15.5. The van der Waals surface area contributed by atoms with E-state index < -0.39 is 0 Å². The minimum absolute atomic E-state index is 0.589. The van der Waals surface area contributed by atoms with Crippen LogP contribution in [0.3, 0.4) is 0 Å². The summed E-state index contributed by atoms with van der Waals surface area (Å²) in [6, 6.07) is 9.01. The van der Waals surface area contributed by atoms with Gasteiger partial charge in [-0.15, -0.1) is 0 Å². The van der Waals surface area contributed by atoms with Gasteiger partial charge in [-0.25, -0.2) is 0 Å². The van der Waals surface area contributed by atoms with Gasteiger partial charge < -0.3 is 5.32 Å². The van der Waals surface area contributed by atoms with Gasteiger partial charge in [0.2, 0.25) is 0 Å². The molecule has 1 aromatic heterocycles. The number of para-hydroxylation sites is 1. The molecule has 1 aromatic carbocycles. The predicted molar refractivity (Wildman–Crippen MR) is 75.4 cm³/mol. The first kappa shape index (κ1) is 12.4. The Morgan fingerprint density at radius 1 is 1.32 bits per heavy atom. The van der Waals surface area contributed by atoms with E-state index in [0.29, 0.717) is 6.04 Å². The summed E-state index contributed by atoms with van der Waals surface area (Å²) >= 11 is 0. The lowest BCUT2D eigenvalue weighted by Crippen LogP contribution is -2.35. The third-order valence-corrected chi connectivity index (χ3v) is 3.69. The number of benzene rings is 1. The molecule has 4 heteroatoms. The van der Waals surface area contributed by atoms with Crippen molar-refractivity contribution in [2.75, 3.05) is 6.54 Å². The van der Waals surface area contributed by atoms with Crippen LogP contribution in [-0.2, 0) is 6.42 Å². The van der Waals surface area contributed by atoms with Crippen molar-refractivity contribution < 1.29 is 0 Å². The maximum absolute atomic E-state index is 4.42. The van der Waals surface area contributed by atoms with Gasteiger partial charge in [0, 0.05) is 6.04 Å². The molecule has 1 unspecified atom stereocenters. The van der Waals surface area contributed by atoms with Crippen LogP contribution in [-0.4, -0.2) is 27.6 Å². The van der Waals surface area contributed by atoms with Crippen LogP contribution in [0.1, 0.15) is 30.5 Å². The Kier molecular flexibility index (Phi) is 3.60. The summed E-state index contributed by atoms with van der Waals surface area (Å²) < 4.78 is 0. The van der Waals surface area contributed by atoms with Crippen molar-refractivity contribution in [3.63, 3.8) is 0 Å². The Hall–Kier alpha value is -1.68. The number of nitrogens with zero attached hydrogens (tertiary/aromatic N) is 3. The molecule has 0 saturated carbocycles. The van der Waals surface area contributed by atoms with Crippen LogP contribution in [0, 0.1) is 6.92 Å². The lowest BCUT2D eigenvalue weighted by Gasteiger charge is -2.24. The number of hydrogen-bond donors (Lipinski definition) is 1. The van der Waals surface area contributed by atoms with Crippen molar-refractivity contribution >= 4 is 0 Å². The molecule has 3 rings (SSSR count). The van der Waals surface area contributed by atoms with E-state index in [2.05, 4.69) is 33.7 Å². The van der Waals surface area contributed by atoms with Gasteiger partial charge in [-0.05, 0) is 44.4 Å². The molecular weight excluding hydrogens is 236 g/mol. The van der Waals surface area contributed by atoms with Crippen LogP contribution < -0.4 is 5.32 Å². The molecule has 2 aromatic rings. The number of piperidine rings is 1. The summed E-state index contributed by atoms with van der Waals surface area (Å²) in [4.78, 5) is 1.74. The van der Waals surface area contributed by atoms with Crippen LogP contribution >= 0.6 is 0 Å². The smallest absolute Gasteiger partial charge is 0.0889 e. The molecule has 4 nitrogen and oxygen atoms in total. The summed E-state index contributed by atoms with van der Waals surface area (Å²) in [5.41, 5.74) is 3.37. The number of aryl methyl sites for hydroxylation is 1. The summed E-state index contributed by atoms with van der Waals surface area (Å²) in [5.74, 6) is 0. The Labute approximate surface area is 113 Å². The van der Waals surface area contributed by atoms with Crippen molar-refractivity contribution in [3.05, 3.63) is 41.7 Å². The molecule has 1 aliphatic rings. The average molecular weight is 256 g/mol. The molecule has 0 spiro atoms. The first-order valence-corrected chi connectivity index (χ1v) is 7.03. The van der Waals surface area contributed by atoms with E-state index in [4.69, 9.17) is 0 Å². The van der Waals surface area contributed by atoms with E-state index in [1.165, 1.54) is 24.8 Å². The maximum atomic E-state index is 4.42. The first-order chi connectivity index (χ1) is 9.33.